The second kappa shape index (κ2) is 4.38. The molecule has 0 bridgehead atoms. The number of carbonyl (C=O) groups excluding carboxylic acids is 1. The minimum Gasteiger partial charge on any atom is -0.358 e. The van der Waals surface area contributed by atoms with Crippen LogP contribution in [0.5, 0.6) is 0 Å². The van der Waals surface area contributed by atoms with Gasteiger partial charge in [0.05, 0.1) is 5.56 Å². The fourth-order valence-electron chi connectivity index (χ4n) is 1.06. The SMILES string of the molecule is CNC(=O)Cn1cc(C(F)(F)F)ccc1=O. The largest absolute Gasteiger partial charge is 0.417 e. The van der Waals surface area contributed by atoms with Gasteiger partial charge in [-0.15, -0.1) is 0 Å². The highest BCUT2D eigenvalue weighted by atomic mass is 19.4. The van der Waals surface area contributed by atoms with Crippen LogP contribution in [0.4, 0.5) is 13.2 Å². The van der Waals surface area contributed by atoms with Gasteiger partial charge in [0.1, 0.15) is 6.54 Å². The Morgan fingerprint density at radius 2 is 2.06 bits per heavy atom. The average molecular weight is 234 g/mol. The predicted molar refractivity (Wildman–Crippen MR) is 49.8 cm³/mol. The van der Waals surface area contributed by atoms with Crippen LogP contribution in [-0.4, -0.2) is 17.5 Å². The topological polar surface area (TPSA) is 51.1 Å². The zero-order valence-electron chi connectivity index (χ0n) is 8.34. The third-order valence-corrected chi connectivity index (χ3v) is 1.90. The van der Waals surface area contributed by atoms with Gasteiger partial charge >= 0.3 is 6.18 Å². The summed E-state index contributed by atoms with van der Waals surface area (Å²) >= 11 is 0. The van der Waals surface area contributed by atoms with Crippen molar-refractivity contribution in [2.24, 2.45) is 0 Å². The van der Waals surface area contributed by atoms with Gasteiger partial charge in [-0.1, -0.05) is 0 Å². The maximum atomic E-state index is 12.3. The van der Waals surface area contributed by atoms with Crippen LogP contribution in [0.3, 0.4) is 0 Å². The fourth-order valence-corrected chi connectivity index (χ4v) is 1.06. The number of pyridine rings is 1. The molecule has 16 heavy (non-hydrogen) atoms. The summed E-state index contributed by atoms with van der Waals surface area (Å²) in [5.41, 5.74) is -1.62. The number of nitrogens with zero attached hydrogens (tertiary/aromatic N) is 1. The maximum absolute atomic E-state index is 12.3. The first-order valence-electron chi connectivity index (χ1n) is 4.33. The van der Waals surface area contributed by atoms with Crippen LogP contribution in [-0.2, 0) is 17.5 Å². The summed E-state index contributed by atoms with van der Waals surface area (Å²) < 4.78 is 37.6. The molecular weight excluding hydrogens is 225 g/mol. The highest BCUT2D eigenvalue weighted by molar-refractivity contribution is 5.75. The Morgan fingerprint density at radius 3 is 2.56 bits per heavy atom. The number of rotatable bonds is 2. The van der Waals surface area contributed by atoms with Crippen molar-refractivity contribution in [3.05, 3.63) is 34.2 Å². The first kappa shape index (κ1) is 12.3. The molecule has 1 amide bonds. The molecular formula is C9H9F3N2O2. The van der Waals surface area contributed by atoms with Gasteiger partial charge in [0.25, 0.3) is 5.56 Å². The molecule has 0 saturated carbocycles. The monoisotopic (exact) mass is 234 g/mol. The van der Waals surface area contributed by atoms with Crippen LogP contribution in [0, 0.1) is 0 Å². The van der Waals surface area contributed by atoms with Crippen molar-refractivity contribution in [2.75, 3.05) is 7.05 Å². The molecule has 0 aromatic carbocycles. The fraction of sp³-hybridized carbons (Fsp3) is 0.333. The minimum absolute atomic E-state index is 0.431. The van der Waals surface area contributed by atoms with Crippen molar-refractivity contribution in [2.45, 2.75) is 12.7 Å². The number of hydrogen-bond acceptors (Lipinski definition) is 2. The van der Waals surface area contributed by atoms with Gasteiger partial charge in [0, 0.05) is 19.3 Å². The van der Waals surface area contributed by atoms with Gasteiger partial charge in [0.2, 0.25) is 5.91 Å². The second-order valence-electron chi connectivity index (χ2n) is 3.05. The highest BCUT2D eigenvalue weighted by Crippen LogP contribution is 2.27. The number of alkyl halides is 3. The van der Waals surface area contributed by atoms with E-state index < -0.39 is 29.8 Å². The quantitative estimate of drug-likeness (QED) is 0.815. The Labute approximate surface area is 88.7 Å². The molecule has 1 aromatic heterocycles. The van der Waals surface area contributed by atoms with E-state index in [-0.39, 0.29) is 0 Å². The molecule has 4 nitrogen and oxygen atoms in total. The van der Waals surface area contributed by atoms with Crippen molar-refractivity contribution in [3.63, 3.8) is 0 Å². The second-order valence-corrected chi connectivity index (χ2v) is 3.05. The lowest BCUT2D eigenvalue weighted by molar-refractivity contribution is -0.138. The number of nitrogens with one attached hydrogen (secondary N) is 1. The molecule has 0 atom stereocenters. The Kier molecular flexibility index (Phi) is 3.36. The number of hydrogen-bond donors (Lipinski definition) is 1. The molecule has 1 aromatic rings. The molecule has 0 fully saturated rings. The molecule has 0 spiro atoms. The third-order valence-electron chi connectivity index (χ3n) is 1.90. The van der Waals surface area contributed by atoms with Gasteiger partial charge in [-0.25, -0.2) is 0 Å². The molecule has 0 aliphatic rings. The van der Waals surface area contributed by atoms with E-state index in [0.717, 1.165) is 6.07 Å². The Morgan fingerprint density at radius 1 is 1.44 bits per heavy atom. The van der Waals surface area contributed by atoms with Crippen molar-refractivity contribution < 1.29 is 18.0 Å². The summed E-state index contributed by atoms with van der Waals surface area (Å²) in [7, 11) is 1.33. The van der Waals surface area contributed by atoms with Crippen LogP contribution in [0.2, 0.25) is 0 Å². The minimum atomic E-state index is -4.53. The third kappa shape index (κ3) is 2.85. The van der Waals surface area contributed by atoms with E-state index in [4.69, 9.17) is 0 Å². The zero-order chi connectivity index (χ0) is 12.3. The van der Waals surface area contributed by atoms with Gasteiger partial charge in [0.15, 0.2) is 0 Å². The molecule has 0 radical (unpaired) electrons. The number of aromatic nitrogens is 1. The Hall–Kier alpha value is -1.79. The van der Waals surface area contributed by atoms with Crippen LogP contribution in [0.1, 0.15) is 5.56 Å². The summed E-state index contributed by atoms with van der Waals surface area (Å²) in [6, 6.07) is 1.47. The number of likely N-dealkylation sites (N-methyl/N-ethyl adjacent to an activating group) is 1. The van der Waals surface area contributed by atoms with E-state index in [0.29, 0.717) is 16.8 Å². The Bertz CT molecular complexity index is 451. The molecule has 1 heterocycles. The molecule has 88 valence electrons. The van der Waals surface area contributed by atoms with E-state index in [1.54, 1.807) is 0 Å². The molecule has 0 aliphatic carbocycles. The number of halogens is 3. The molecule has 0 saturated heterocycles. The van der Waals surface area contributed by atoms with E-state index in [9.17, 15) is 22.8 Å². The first-order chi connectivity index (χ1) is 7.34. The maximum Gasteiger partial charge on any atom is 0.417 e. The van der Waals surface area contributed by atoms with Gasteiger partial charge in [-0.3, -0.25) is 9.59 Å². The summed E-state index contributed by atoms with van der Waals surface area (Å²) in [6.45, 7) is -0.431. The summed E-state index contributed by atoms with van der Waals surface area (Å²) in [5, 5.41) is 2.22. The van der Waals surface area contributed by atoms with E-state index in [1.165, 1.54) is 7.05 Å². The van der Waals surface area contributed by atoms with Crippen molar-refractivity contribution >= 4 is 5.91 Å². The van der Waals surface area contributed by atoms with Crippen LogP contribution >= 0.6 is 0 Å². The van der Waals surface area contributed by atoms with Crippen LogP contribution in [0.15, 0.2) is 23.1 Å². The summed E-state index contributed by atoms with van der Waals surface area (Å²) in [4.78, 5) is 22.1. The van der Waals surface area contributed by atoms with Crippen LogP contribution in [0.25, 0.3) is 0 Å². The molecule has 1 rings (SSSR count). The van der Waals surface area contributed by atoms with Crippen molar-refractivity contribution in [1.82, 2.24) is 9.88 Å². The zero-order valence-corrected chi connectivity index (χ0v) is 8.34. The average Bonchev–Trinajstić information content (AvgIpc) is 2.19. The standard InChI is InChI=1S/C9H9F3N2O2/c1-13-7(15)5-14-4-6(9(10,11)12)2-3-8(14)16/h2-4H,5H2,1H3,(H,13,15). The van der Waals surface area contributed by atoms with Crippen molar-refractivity contribution in [1.29, 1.82) is 0 Å². The number of amides is 1. The molecule has 0 unspecified atom stereocenters. The lowest BCUT2D eigenvalue weighted by Crippen LogP contribution is -2.30. The first-order valence-corrected chi connectivity index (χ1v) is 4.33. The lowest BCUT2D eigenvalue weighted by Gasteiger charge is -2.09. The highest BCUT2D eigenvalue weighted by Gasteiger charge is 2.31. The predicted octanol–water partition coefficient (Wildman–Crippen LogP) is 0.613. The van der Waals surface area contributed by atoms with E-state index in [1.807, 2.05) is 0 Å². The van der Waals surface area contributed by atoms with E-state index >= 15 is 0 Å². The number of carbonyl (C=O) groups is 1. The van der Waals surface area contributed by atoms with Crippen LogP contribution < -0.4 is 10.9 Å². The molecule has 1 N–H and O–H groups in total. The van der Waals surface area contributed by atoms with Gasteiger partial charge in [-0.05, 0) is 6.07 Å². The van der Waals surface area contributed by atoms with Gasteiger partial charge < -0.3 is 9.88 Å². The Balaban J connectivity index is 3.09. The summed E-state index contributed by atoms with van der Waals surface area (Å²) in [5.74, 6) is -0.540. The van der Waals surface area contributed by atoms with Gasteiger partial charge in [-0.2, -0.15) is 13.2 Å². The molecule has 0 aliphatic heterocycles. The van der Waals surface area contributed by atoms with E-state index in [2.05, 4.69) is 5.32 Å². The lowest BCUT2D eigenvalue weighted by atomic mass is 10.3. The van der Waals surface area contributed by atoms with Crippen molar-refractivity contribution in [3.8, 4) is 0 Å². The summed E-state index contributed by atoms with van der Waals surface area (Å²) in [6.07, 6.45) is -3.91. The molecule has 7 heteroatoms. The normalized spacial score (nSPS) is 11.2. The smallest absolute Gasteiger partial charge is 0.358 e.